The van der Waals surface area contributed by atoms with Gasteiger partial charge in [0.15, 0.2) is 5.78 Å². The molecule has 0 heterocycles. The number of carbonyl (C=O) groups is 1. The van der Waals surface area contributed by atoms with E-state index in [-0.39, 0.29) is 11.5 Å². The number of benzene rings is 2. The van der Waals surface area contributed by atoms with E-state index in [1.54, 1.807) is 24.3 Å². The lowest BCUT2D eigenvalue weighted by molar-refractivity contribution is 0.104. The maximum atomic E-state index is 12.1. The van der Waals surface area contributed by atoms with Crippen molar-refractivity contribution >= 4 is 11.9 Å². The van der Waals surface area contributed by atoms with Gasteiger partial charge in [-0.3, -0.25) is 4.79 Å². The first-order chi connectivity index (χ1) is 13.7. The number of allylic oxidation sites excluding steroid dienone is 1. The molecule has 0 aliphatic rings. The summed E-state index contributed by atoms with van der Waals surface area (Å²) < 4.78 is 5.80. The van der Waals surface area contributed by atoms with Crippen molar-refractivity contribution in [1.29, 1.82) is 0 Å². The SMILES string of the molecule is CCCCCCCCCCOc1ccc(C=CC(=O)c2ccc(O)cc2)cc1. The fraction of sp³-hybridized carbons (Fsp3) is 0.400. The molecule has 2 rings (SSSR count). The number of ketones is 1. The molecule has 0 bridgehead atoms. The van der Waals surface area contributed by atoms with Gasteiger partial charge in [-0.15, -0.1) is 0 Å². The van der Waals surface area contributed by atoms with Crippen LogP contribution in [0.3, 0.4) is 0 Å². The van der Waals surface area contributed by atoms with Crippen LogP contribution in [-0.2, 0) is 0 Å². The molecule has 0 amide bonds. The van der Waals surface area contributed by atoms with Crippen molar-refractivity contribution in [2.75, 3.05) is 6.61 Å². The van der Waals surface area contributed by atoms with Crippen LogP contribution < -0.4 is 4.74 Å². The second-order valence-corrected chi connectivity index (χ2v) is 7.14. The van der Waals surface area contributed by atoms with Crippen LogP contribution in [0.15, 0.2) is 54.6 Å². The maximum Gasteiger partial charge on any atom is 0.185 e. The summed E-state index contributed by atoms with van der Waals surface area (Å²) in [5.41, 5.74) is 1.51. The monoisotopic (exact) mass is 380 g/mol. The largest absolute Gasteiger partial charge is 0.508 e. The average Bonchev–Trinajstić information content (AvgIpc) is 2.72. The van der Waals surface area contributed by atoms with E-state index < -0.39 is 0 Å². The van der Waals surface area contributed by atoms with Gasteiger partial charge in [0.1, 0.15) is 11.5 Å². The Kier molecular flexibility index (Phi) is 9.92. The lowest BCUT2D eigenvalue weighted by Crippen LogP contribution is -1.97. The highest BCUT2D eigenvalue weighted by Gasteiger charge is 2.01. The molecule has 150 valence electrons. The Hall–Kier alpha value is -2.55. The molecule has 0 fully saturated rings. The molecule has 0 spiro atoms. The third-order valence-corrected chi connectivity index (χ3v) is 4.73. The molecule has 0 saturated carbocycles. The molecule has 3 heteroatoms. The Morgan fingerprint density at radius 3 is 2.11 bits per heavy atom. The number of phenols is 1. The Morgan fingerprint density at radius 1 is 0.857 bits per heavy atom. The third kappa shape index (κ3) is 8.43. The first-order valence-electron chi connectivity index (χ1n) is 10.4. The number of hydrogen-bond donors (Lipinski definition) is 1. The predicted molar refractivity (Wildman–Crippen MR) is 116 cm³/mol. The zero-order chi connectivity index (χ0) is 20.0. The van der Waals surface area contributed by atoms with Crippen LogP contribution >= 0.6 is 0 Å². The molecule has 0 radical (unpaired) electrons. The molecule has 0 aromatic heterocycles. The van der Waals surface area contributed by atoms with E-state index in [9.17, 15) is 9.90 Å². The van der Waals surface area contributed by atoms with Crippen molar-refractivity contribution in [3.8, 4) is 11.5 Å². The van der Waals surface area contributed by atoms with Crippen molar-refractivity contribution in [3.63, 3.8) is 0 Å². The first-order valence-corrected chi connectivity index (χ1v) is 10.4. The van der Waals surface area contributed by atoms with Gasteiger partial charge in [0.2, 0.25) is 0 Å². The van der Waals surface area contributed by atoms with E-state index in [1.165, 1.54) is 57.1 Å². The topological polar surface area (TPSA) is 46.5 Å². The fourth-order valence-corrected chi connectivity index (χ4v) is 2.99. The second-order valence-electron chi connectivity index (χ2n) is 7.14. The minimum absolute atomic E-state index is 0.0879. The fourth-order valence-electron chi connectivity index (χ4n) is 2.99. The van der Waals surface area contributed by atoms with Gasteiger partial charge in [-0.1, -0.05) is 70.1 Å². The number of ether oxygens (including phenoxy) is 1. The van der Waals surface area contributed by atoms with Crippen molar-refractivity contribution in [3.05, 3.63) is 65.7 Å². The normalized spacial score (nSPS) is 11.0. The molecule has 2 aromatic carbocycles. The lowest BCUT2D eigenvalue weighted by atomic mass is 10.1. The van der Waals surface area contributed by atoms with E-state index in [4.69, 9.17) is 4.74 Å². The standard InChI is InChI=1S/C25H32O3/c1-2-3-4-5-6-7-8-9-20-28-24-17-10-21(11-18-24)12-19-25(27)22-13-15-23(26)16-14-22/h10-19,26H,2-9,20H2,1H3. The van der Waals surface area contributed by atoms with Gasteiger partial charge in [0.25, 0.3) is 0 Å². The van der Waals surface area contributed by atoms with Gasteiger partial charge in [0.05, 0.1) is 6.61 Å². The van der Waals surface area contributed by atoms with Crippen molar-refractivity contribution < 1.29 is 14.6 Å². The quantitative estimate of drug-likeness (QED) is 0.236. The van der Waals surface area contributed by atoms with Gasteiger partial charge >= 0.3 is 0 Å². The molecule has 0 aliphatic carbocycles. The molecule has 0 aliphatic heterocycles. The molecular weight excluding hydrogens is 348 g/mol. The predicted octanol–water partition coefficient (Wildman–Crippen LogP) is 6.81. The number of hydrogen-bond acceptors (Lipinski definition) is 3. The summed E-state index contributed by atoms with van der Waals surface area (Å²) in [4.78, 5) is 12.1. The van der Waals surface area contributed by atoms with Gasteiger partial charge < -0.3 is 9.84 Å². The van der Waals surface area contributed by atoms with Gasteiger partial charge in [0, 0.05) is 5.56 Å². The highest BCUT2D eigenvalue weighted by atomic mass is 16.5. The van der Waals surface area contributed by atoms with Gasteiger partial charge in [-0.2, -0.15) is 0 Å². The van der Waals surface area contributed by atoms with Crippen LogP contribution in [0, 0.1) is 0 Å². The Labute approximate surface area is 169 Å². The molecule has 2 aromatic rings. The summed E-state index contributed by atoms with van der Waals surface area (Å²) in [5, 5.41) is 9.27. The van der Waals surface area contributed by atoms with Crippen LogP contribution in [0.5, 0.6) is 11.5 Å². The van der Waals surface area contributed by atoms with Crippen LogP contribution in [0.25, 0.3) is 6.08 Å². The van der Waals surface area contributed by atoms with Crippen LogP contribution in [0.1, 0.15) is 74.2 Å². The molecule has 3 nitrogen and oxygen atoms in total. The van der Waals surface area contributed by atoms with E-state index >= 15 is 0 Å². The maximum absolute atomic E-state index is 12.1. The lowest BCUT2D eigenvalue weighted by Gasteiger charge is -2.06. The van der Waals surface area contributed by atoms with Gasteiger partial charge in [-0.25, -0.2) is 0 Å². The zero-order valence-electron chi connectivity index (χ0n) is 16.9. The second kappa shape index (κ2) is 12.8. The molecule has 0 saturated heterocycles. The zero-order valence-corrected chi connectivity index (χ0v) is 16.9. The van der Waals surface area contributed by atoms with Gasteiger partial charge in [-0.05, 0) is 54.5 Å². The van der Waals surface area contributed by atoms with E-state index in [0.717, 1.165) is 24.3 Å². The minimum atomic E-state index is -0.0879. The summed E-state index contributed by atoms with van der Waals surface area (Å²) in [7, 11) is 0. The van der Waals surface area contributed by atoms with Crippen molar-refractivity contribution in [2.45, 2.75) is 58.3 Å². The smallest absolute Gasteiger partial charge is 0.185 e. The number of rotatable bonds is 13. The average molecular weight is 381 g/mol. The van der Waals surface area contributed by atoms with Crippen LogP contribution in [0.2, 0.25) is 0 Å². The highest BCUT2D eigenvalue weighted by molar-refractivity contribution is 6.06. The summed E-state index contributed by atoms with van der Waals surface area (Å²) in [6.07, 6.45) is 13.7. The minimum Gasteiger partial charge on any atom is -0.508 e. The summed E-state index contributed by atoms with van der Waals surface area (Å²) >= 11 is 0. The first kappa shape index (κ1) is 21.7. The van der Waals surface area contributed by atoms with E-state index in [2.05, 4.69) is 6.92 Å². The summed E-state index contributed by atoms with van der Waals surface area (Å²) in [6, 6.07) is 14.0. The number of phenolic OH excluding ortho intramolecular Hbond substituents is 1. The van der Waals surface area contributed by atoms with Crippen molar-refractivity contribution in [1.82, 2.24) is 0 Å². The third-order valence-electron chi connectivity index (χ3n) is 4.73. The molecule has 1 N–H and O–H groups in total. The number of unbranched alkanes of at least 4 members (excludes halogenated alkanes) is 7. The summed E-state index contributed by atoms with van der Waals surface area (Å²) in [5.74, 6) is 0.933. The van der Waals surface area contributed by atoms with Crippen LogP contribution in [-0.4, -0.2) is 17.5 Å². The van der Waals surface area contributed by atoms with E-state index in [0.29, 0.717) is 5.56 Å². The highest BCUT2D eigenvalue weighted by Crippen LogP contribution is 2.16. The van der Waals surface area contributed by atoms with E-state index in [1.807, 2.05) is 24.3 Å². The Bertz CT molecular complexity index is 714. The molecule has 28 heavy (non-hydrogen) atoms. The van der Waals surface area contributed by atoms with Crippen molar-refractivity contribution in [2.24, 2.45) is 0 Å². The molecule has 0 unspecified atom stereocenters. The Balaban J connectivity index is 1.66. The number of aromatic hydroxyl groups is 1. The molecular formula is C25H32O3. The molecule has 0 atom stereocenters. The number of carbonyl (C=O) groups excluding carboxylic acids is 1. The van der Waals surface area contributed by atoms with Crippen LogP contribution in [0.4, 0.5) is 0 Å². The summed E-state index contributed by atoms with van der Waals surface area (Å²) in [6.45, 7) is 3.00. The Morgan fingerprint density at radius 2 is 1.46 bits per heavy atom.